The van der Waals surface area contributed by atoms with Crippen LogP contribution in [-0.2, 0) is 0 Å². The molecule has 1 atom stereocenters. The molecule has 1 aromatic carbocycles. The van der Waals surface area contributed by atoms with Gasteiger partial charge in [0, 0.05) is 11.6 Å². The van der Waals surface area contributed by atoms with Crippen LogP contribution in [0.4, 0.5) is 5.95 Å². The van der Waals surface area contributed by atoms with Gasteiger partial charge in [-0.05, 0) is 49.7 Å². The molecule has 0 aliphatic rings. The molecule has 0 radical (unpaired) electrons. The van der Waals surface area contributed by atoms with Crippen LogP contribution in [0.1, 0.15) is 50.3 Å². The molecule has 0 bridgehead atoms. The van der Waals surface area contributed by atoms with E-state index in [0.717, 1.165) is 56.3 Å². The van der Waals surface area contributed by atoms with E-state index in [-0.39, 0.29) is 12.0 Å². The molecule has 0 aliphatic heterocycles. The maximum absolute atomic E-state index is 6.50. The summed E-state index contributed by atoms with van der Waals surface area (Å²) < 4.78 is 10.7. The van der Waals surface area contributed by atoms with Gasteiger partial charge in [-0.3, -0.25) is 0 Å². The van der Waals surface area contributed by atoms with Gasteiger partial charge in [0.25, 0.3) is 0 Å². The summed E-state index contributed by atoms with van der Waals surface area (Å²) >= 11 is 0. The van der Waals surface area contributed by atoms with Crippen LogP contribution in [0.25, 0.3) is 22.3 Å². The molecule has 8 nitrogen and oxygen atoms in total. The van der Waals surface area contributed by atoms with E-state index in [1.165, 1.54) is 0 Å². The van der Waals surface area contributed by atoms with E-state index in [1.807, 2.05) is 30.3 Å². The molecule has 2 aromatic heterocycles. The van der Waals surface area contributed by atoms with Crippen LogP contribution < -0.4 is 26.7 Å². The van der Waals surface area contributed by atoms with E-state index in [9.17, 15) is 0 Å². The summed E-state index contributed by atoms with van der Waals surface area (Å²) in [5, 5.41) is 0. The van der Waals surface area contributed by atoms with Crippen LogP contribution in [0, 0.1) is 0 Å². The van der Waals surface area contributed by atoms with Gasteiger partial charge in [0.15, 0.2) is 11.5 Å². The molecule has 6 N–H and O–H groups in total. The molecule has 166 valence electrons. The molecule has 1 unspecified atom stereocenters. The topological polar surface area (TPSA) is 135 Å². The van der Waals surface area contributed by atoms with Crippen molar-refractivity contribution in [2.45, 2.75) is 44.6 Å². The molecule has 0 saturated carbocycles. The second-order valence-electron chi connectivity index (χ2n) is 7.55. The van der Waals surface area contributed by atoms with Gasteiger partial charge >= 0.3 is 0 Å². The summed E-state index contributed by atoms with van der Waals surface area (Å²) in [6.45, 7) is 0.750. The average molecular weight is 425 g/mol. The first kappa shape index (κ1) is 22.7. The number of fused-ring (bicyclic) bond motifs is 1. The highest BCUT2D eigenvalue weighted by Crippen LogP contribution is 2.33. The van der Waals surface area contributed by atoms with Gasteiger partial charge in [0.05, 0.1) is 31.1 Å². The highest BCUT2D eigenvalue weighted by atomic mass is 16.5. The highest BCUT2D eigenvalue weighted by Gasteiger charge is 2.16. The Hall–Kier alpha value is -2.97. The number of methoxy groups -OCH3 is 2. The lowest BCUT2D eigenvalue weighted by Gasteiger charge is -2.15. The fourth-order valence-electron chi connectivity index (χ4n) is 3.65. The van der Waals surface area contributed by atoms with Crippen LogP contribution in [0.5, 0.6) is 11.5 Å². The van der Waals surface area contributed by atoms with Gasteiger partial charge in [-0.2, -0.15) is 0 Å². The van der Waals surface area contributed by atoms with Crippen LogP contribution in [0.15, 0.2) is 30.3 Å². The smallest absolute Gasteiger partial charge is 0.220 e. The number of pyridine rings is 1. The van der Waals surface area contributed by atoms with Gasteiger partial charge < -0.3 is 26.7 Å². The molecular weight excluding hydrogens is 392 g/mol. The van der Waals surface area contributed by atoms with Gasteiger partial charge in [-0.25, -0.2) is 15.0 Å². The van der Waals surface area contributed by atoms with Gasteiger partial charge in [-0.1, -0.05) is 25.7 Å². The molecule has 0 spiro atoms. The maximum atomic E-state index is 6.50. The number of nitrogens with two attached hydrogens (primary N) is 3. The SMILES string of the molecule is COc1ccc(-c2ccc3nc(N)nc(C(N)CCCCCCCN)c3n2)cc1OC. The molecule has 0 saturated heterocycles. The molecule has 2 heterocycles. The van der Waals surface area contributed by atoms with E-state index in [0.29, 0.717) is 28.2 Å². The quantitative estimate of drug-likeness (QED) is 0.397. The summed E-state index contributed by atoms with van der Waals surface area (Å²) in [7, 11) is 3.22. The minimum absolute atomic E-state index is 0.210. The molecule has 31 heavy (non-hydrogen) atoms. The molecule has 3 rings (SSSR count). The lowest BCUT2D eigenvalue weighted by Crippen LogP contribution is -2.15. The van der Waals surface area contributed by atoms with Crippen molar-refractivity contribution in [3.63, 3.8) is 0 Å². The highest BCUT2D eigenvalue weighted by molar-refractivity contribution is 5.81. The van der Waals surface area contributed by atoms with E-state index >= 15 is 0 Å². The maximum Gasteiger partial charge on any atom is 0.220 e. The second kappa shape index (κ2) is 10.9. The normalized spacial score (nSPS) is 12.1. The number of unbranched alkanes of at least 4 members (excludes halogenated alkanes) is 4. The lowest BCUT2D eigenvalue weighted by atomic mass is 10.0. The zero-order valence-electron chi connectivity index (χ0n) is 18.3. The molecule has 8 heteroatoms. The first-order valence-corrected chi connectivity index (χ1v) is 10.7. The first-order valence-electron chi connectivity index (χ1n) is 10.7. The fraction of sp³-hybridized carbons (Fsp3) is 0.435. The summed E-state index contributed by atoms with van der Waals surface area (Å²) in [5.41, 5.74) is 21.7. The minimum Gasteiger partial charge on any atom is -0.493 e. The van der Waals surface area contributed by atoms with E-state index < -0.39 is 0 Å². The number of nitrogen functional groups attached to an aromatic ring is 1. The zero-order valence-corrected chi connectivity index (χ0v) is 18.3. The molecule has 0 amide bonds. The molecule has 0 aliphatic carbocycles. The Morgan fingerprint density at radius 2 is 1.61 bits per heavy atom. The predicted molar refractivity (Wildman–Crippen MR) is 124 cm³/mol. The van der Waals surface area contributed by atoms with Crippen molar-refractivity contribution >= 4 is 17.0 Å². The number of aromatic nitrogens is 3. The van der Waals surface area contributed by atoms with Crippen molar-refractivity contribution in [1.82, 2.24) is 15.0 Å². The number of anilines is 1. The third-order valence-electron chi connectivity index (χ3n) is 5.34. The van der Waals surface area contributed by atoms with E-state index in [1.54, 1.807) is 14.2 Å². The lowest BCUT2D eigenvalue weighted by molar-refractivity contribution is 0.355. The number of ether oxygens (including phenoxy) is 2. The van der Waals surface area contributed by atoms with Gasteiger partial charge in [0.2, 0.25) is 5.95 Å². The Morgan fingerprint density at radius 3 is 2.35 bits per heavy atom. The Kier molecular flexibility index (Phi) is 7.97. The van der Waals surface area contributed by atoms with Crippen molar-refractivity contribution in [3.05, 3.63) is 36.0 Å². The van der Waals surface area contributed by atoms with E-state index in [4.69, 9.17) is 31.7 Å². The van der Waals surface area contributed by atoms with Crippen LogP contribution in [0.2, 0.25) is 0 Å². The van der Waals surface area contributed by atoms with Crippen molar-refractivity contribution in [1.29, 1.82) is 0 Å². The monoisotopic (exact) mass is 424 g/mol. The van der Waals surface area contributed by atoms with Gasteiger partial charge in [-0.15, -0.1) is 0 Å². The Morgan fingerprint density at radius 1 is 0.871 bits per heavy atom. The van der Waals surface area contributed by atoms with Crippen molar-refractivity contribution in [2.24, 2.45) is 11.5 Å². The summed E-state index contributed by atoms with van der Waals surface area (Å²) in [6, 6.07) is 9.24. The zero-order chi connectivity index (χ0) is 22.2. The van der Waals surface area contributed by atoms with Crippen molar-refractivity contribution in [2.75, 3.05) is 26.5 Å². The Labute approximate surface area is 183 Å². The summed E-state index contributed by atoms with van der Waals surface area (Å²) in [6.07, 6.45) is 6.35. The third-order valence-corrected chi connectivity index (χ3v) is 5.34. The third kappa shape index (κ3) is 5.59. The average Bonchev–Trinajstić information content (AvgIpc) is 2.79. The van der Waals surface area contributed by atoms with Crippen LogP contribution >= 0.6 is 0 Å². The Bertz CT molecular complexity index is 1010. The Balaban J connectivity index is 1.87. The summed E-state index contributed by atoms with van der Waals surface area (Å²) in [4.78, 5) is 13.6. The largest absolute Gasteiger partial charge is 0.493 e. The van der Waals surface area contributed by atoms with Crippen LogP contribution in [-0.4, -0.2) is 35.7 Å². The number of hydrogen-bond acceptors (Lipinski definition) is 8. The van der Waals surface area contributed by atoms with Crippen molar-refractivity contribution in [3.8, 4) is 22.8 Å². The standard InChI is InChI=1S/C23H32N6O2/c1-30-19-12-9-15(14-20(19)31-2)17-10-11-18-22(27-17)21(29-23(26)28-18)16(25)8-6-4-3-5-7-13-24/h9-12,14,16H,3-8,13,24-25H2,1-2H3,(H2,26,28,29). The second-order valence-corrected chi connectivity index (χ2v) is 7.55. The molecule has 3 aromatic rings. The number of rotatable bonds is 11. The van der Waals surface area contributed by atoms with Gasteiger partial charge in [0.1, 0.15) is 5.52 Å². The van der Waals surface area contributed by atoms with E-state index in [2.05, 4.69) is 9.97 Å². The number of benzene rings is 1. The minimum atomic E-state index is -0.254. The molecular formula is C23H32N6O2. The molecule has 0 fully saturated rings. The predicted octanol–water partition coefficient (Wildman–Crippen LogP) is 3.59. The van der Waals surface area contributed by atoms with Crippen molar-refractivity contribution < 1.29 is 9.47 Å². The van der Waals surface area contributed by atoms with Crippen LogP contribution in [0.3, 0.4) is 0 Å². The number of nitrogens with zero attached hydrogens (tertiary/aromatic N) is 3. The summed E-state index contributed by atoms with van der Waals surface area (Å²) in [5.74, 6) is 1.51. The first-order chi connectivity index (χ1) is 15.1. The fourth-order valence-corrected chi connectivity index (χ4v) is 3.65. The number of hydrogen-bond donors (Lipinski definition) is 3.